The summed E-state index contributed by atoms with van der Waals surface area (Å²) in [6.45, 7) is 8.35. The Morgan fingerprint density at radius 1 is 0.944 bits per heavy atom. The van der Waals surface area contributed by atoms with E-state index in [1.807, 2.05) is 0 Å². The molecular formula is C13H33NO2Si2. The van der Waals surface area contributed by atoms with Crippen LogP contribution in [-0.4, -0.2) is 49.9 Å². The van der Waals surface area contributed by atoms with Gasteiger partial charge in [0.2, 0.25) is 0 Å². The highest BCUT2D eigenvalue weighted by Gasteiger charge is 2.31. The van der Waals surface area contributed by atoms with Crippen LogP contribution in [0.2, 0.25) is 24.2 Å². The molecule has 0 aromatic carbocycles. The van der Waals surface area contributed by atoms with Gasteiger partial charge in [0.05, 0.1) is 0 Å². The number of hydrogen-bond donors (Lipinski definition) is 0. The van der Waals surface area contributed by atoms with Gasteiger partial charge >= 0.3 is 9.28 Å². The van der Waals surface area contributed by atoms with Gasteiger partial charge in [0, 0.05) is 14.2 Å². The first-order valence-corrected chi connectivity index (χ1v) is 11.7. The maximum Gasteiger partial charge on any atom is 0.320 e. The van der Waals surface area contributed by atoms with Crippen LogP contribution in [0.5, 0.6) is 0 Å². The zero-order chi connectivity index (χ0) is 14.0. The fraction of sp³-hybridized carbons (Fsp3) is 1.00. The summed E-state index contributed by atoms with van der Waals surface area (Å²) in [6, 6.07) is 5.28. The summed E-state index contributed by atoms with van der Waals surface area (Å²) in [5.74, 6) is 0. The number of hydrogen-bond acceptors (Lipinski definition) is 3. The quantitative estimate of drug-likeness (QED) is 0.431. The SMILES string of the molecule is CC[Si](CC)(CC)N(C)CCCC[SiH](OC)OC. The van der Waals surface area contributed by atoms with E-state index in [1.54, 1.807) is 14.2 Å². The Morgan fingerprint density at radius 3 is 1.83 bits per heavy atom. The summed E-state index contributed by atoms with van der Waals surface area (Å²) in [5, 5.41) is 0. The maximum absolute atomic E-state index is 5.35. The monoisotopic (exact) mass is 291 g/mol. The minimum absolute atomic E-state index is 1.13. The fourth-order valence-electron chi connectivity index (χ4n) is 2.79. The van der Waals surface area contributed by atoms with E-state index in [0.29, 0.717) is 0 Å². The molecule has 0 saturated carbocycles. The van der Waals surface area contributed by atoms with Crippen LogP contribution in [0, 0.1) is 0 Å². The third kappa shape index (κ3) is 5.53. The van der Waals surface area contributed by atoms with Crippen molar-refractivity contribution in [1.29, 1.82) is 0 Å². The van der Waals surface area contributed by atoms with Crippen LogP contribution < -0.4 is 0 Å². The summed E-state index contributed by atoms with van der Waals surface area (Å²) < 4.78 is 13.4. The van der Waals surface area contributed by atoms with Crippen molar-refractivity contribution in [2.75, 3.05) is 27.8 Å². The Kier molecular flexibility index (Phi) is 10.3. The molecule has 0 saturated heterocycles. The lowest BCUT2D eigenvalue weighted by Crippen LogP contribution is -2.50. The molecule has 0 heterocycles. The van der Waals surface area contributed by atoms with Gasteiger partial charge in [-0.3, -0.25) is 0 Å². The molecule has 0 unspecified atom stereocenters. The zero-order valence-corrected chi connectivity index (χ0v) is 15.4. The minimum atomic E-state index is -1.33. The summed E-state index contributed by atoms with van der Waals surface area (Å²) in [5.41, 5.74) is 0. The molecule has 0 spiro atoms. The van der Waals surface area contributed by atoms with Gasteiger partial charge in [-0.15, -0.1) is 0 Å². The number of nitrogens with zero attached hydrogens (tertiary/aromatic N) is 1. The average Bonchev–Trinajstić information content (AvgIpc) is 2.41. The van der Waals surface area contributed by atoms with Crippen molar-refractivity contribution < 1.29 is 8.85 Å². The second-order valence-electron chi connectivity index (χ2n) is 5.10. The highest BCUT2D eigenvalue weighted by molar-refractivity contribution is 6.76. The molecule has 0 bridgehead atoms. The van der Waals surface area contributed by atoms with E-state index in [4.69, 9.17) is 8.85 Å². The van der Waals surface area contributed by atoms with Gasteiger partial charge in [0.1, 0.15) is 8.24 Å². The summed E-state index contributed by atoms with van der Waals surface area (Å²) >= 11 is 0. The van der Waals surface area contributed by atoms with Crippen LogP contribution in [-0.2, 0) is 8.85 Å². The Bertz CT molecular complexity index is 189. The second kappa shape index (κ2) is 10.1. The van der Waals surface area contributed by atoms with E-state index in [1.165, 1.54) is 37.5 Å². The van der Waals surface area contributed by atoms with Gasteiger partial charge in [0.15, 0.2) is 0 Å². The number of rotatable bonds is 11. The molecule has 0 amide bonds. The van der Waals surface area contributed by atoms with E-state index < -0.39 is 17.5 Å². The molecule has 110 valence electrons. The van der Waals surface area contributed by atoms with E-state index in [0.717, 1.165) is 6.04 Å². The molecule has 0 aromatic heterocycles. The second-order valence-corrected chi connectivity index (χ2v) is 12.8. The van der Waals surface area contributed by atoms with E-state index in [9.17, 15) is 0 Å². The molecule has 0 aromatic rings. The standard InChI is InChI=1S/C13H33NO2Si2/c1-7-18(8-2,9-3)14(4)12-10-11-13-17(15-5)16-6/h17H,7-13H2,1-6H3. The first-order valence-electron chi connectivity index (χ1n) is 7.37. The largest absolute Gasteiger partial charge is 0.400 e. The molecular weight excluding hydrogens is 258 g/mol. The third-order valence-corrected chi connectivity index (χ3v) is 12.2. The lowest BCUT2D eigenvalue weighted by atomic mass is 10.3. The van der Waals surface area contributed by atoms with Crippen molar-refractivity contribution in [2.45, 2.75) is 57.8 Å². The maximum atomic E-state index is 5.35. The minimum Gasteiger partial charge on any atom is -0.400 e. The lowest BCUT2D eigenvalue weighted by Gasteiger charge is -2.38. The van der Waals surface area contributed by atoms with Crippen LogP contribution in [0.4, 0.5) is 0 Å². The van der Waals surface area contributed by atoms with Crippen molar-refractivity contribution in [3.8, 4) is 0 Å². The molecule has 0 aliphatic carbocycles. The molecule has 0 aliphatic rings. The van der Waals surface area contributed by atoms with Crippen LogP contribution in [0.1, 0.15) is 33.6 Å². The van der Waals surface area contributed by atoms with Gasteiger partial charge in [-0.1, -0.05) is 27.2 Å². The predicted octanol–water partition coefficient (Wildman–Crippen LogP) is 3.22. The lowest BCUT2D eigenvalue weighted by molar-refractivity contribution is 0.275. The topological polar surface area (TPSA) is 21.7 Å². The van der Waals surface area contributed by atoms with Crippen molar-refractivity contribution in [2.24, 2.45) is 0 Å². The van der Waals surface area contributed by atoms with Gasteiger partial charge in [-0.2, -0.15) is 0 Å². The smallest absolute Gasteiger partial charge is 0.320 e. The number of unbranched alkanes of at least 4 members (excludes halogenated alkanes) is 1. The van der Waals surface area contributed by atoms with Crippen molar-refractivity contribution in [3.63, 3.8) is 0 Å². The molecule has 0 radical (unpaired) electrons. The van der Waals surface area contributed by atoms with E-state index in [2.05, 4.69) is 32.4 Å². The molecule has 0 rings (SSSR count). The molecule has 3 nitrogen and oxygen atoms in total. The van der Waals surface area contributed by atoms with Gasteiger partial charge in [-0.05, 0) is 44.2 Å². The highest BCUT2D eigenvalue weighted by atomic mass is 28.3. The Labute approximate surface area is 117 Å². The first-order chi connectivity index (χ1) is 8.60. The van der Waals surface area contributed by atoms with Gasteiger partial charge in [0.25, 0.3) is 0 Å². The molecule has 0 atom stereocenters. The van der Waals surface area contributed by atoms with Gasteiger partial charge < -0.3 is 13.4 Å². The highest BCUT2D eigenvalue weighted by Crippen LogP contribution is 2.23. The third-order valence-electron chi connectivity index (χ3n) is 4.49. The van der Waals surface area contributed by atoms with Crippen molar-refractivity contribution in [1.82, 2.24) is 4.57 Å². The predicted molar refractivity (Wildman–Crippen MR) is 85.0 cm³/mol. The van der Waals surface area contributed by atoms with Crippen LogP contribution in [0.3, 0.4) is 0 Å². The zero-order valence-electron chi connectivity index (χ0n) is 13.3. The van der Waals surface area contributed by atoms with Crippen LogP contribution in [0.15, 0.2) is 0 Å². The summed E-state index contributed by atoms with van der Waals surface area (Å²) in [7, 11) is 3.43. The average molecular weight is 292 g/mol. The first kappa shape index (κ1) is 18.3. The van der Waals surface area contributed by atoms with Crippen LogP contribution in [0.25, 0.3) is 0 Å². The molecule has 0 N–H and O–H groups in total. The van der Waals surface area contributed by atoms with Crippen molar-refractivity contribution in [3.05, 3.63) is 0 Å². The molecule has 5 heteroatoms. The van der Waals surface area contributed by atoms with Crippen molar-refractivity contribution >= 4 is 17.5 Å². The Balaban J connectivity index is 3.98. The Morgan fingerprint density at radius 2 is 1.44 bits per heavy atom. The molecule has 0 aliphatic heterocycles. The molecule has 18 heavy (non-hydrogen) atoms. The van der Waals surface area contributed by atoms with E-state index >= 15 is 0 Å². The van der Waals surface area contributed by atoms with E-state index in [-0.39, 0.29) is 0 Å². The van der Waals surface area contributed by atoms with Crippen LogP contribution >= 0.6 is 0 Å². The normalized spacial score (nSPS) is 12.7. The summed E-state index contributed by atoms with van der Waals surface area (Å²) in [6.07, 6.45) is 2.52. The Hall–Kier alpha value is 0.314. The molecule has 0 fully saturated rings. The fourth-order valence-corrected chi connectivity index (χ4v) is 7.83. The summed E-state index contributed by atoms with van der Waals surface area (Å²) in [4.78, 5) is 0. The van der Waals surface area contributed by atoms with Gasteiger partial charge in [-0.25, -0.2) is 0 Å².